The molecule has 0 aliphatic rings. The Labute approximate surface area is 87.0 Å². The second-order valence-corrected chi connectivity index (χ2v) is 3.67. The Balaban J connectivity index is 2.98. The SMILES string of the molecule is C=CC(O)CCCCCCCCC=O. The first-order valence-electron chi connectivity index (χ1n) is 5.55. The van der Waals surface area contributed by atoms with Gasteiger partial charge in [-0.1, -0.05) is 38.2 Å². The molecule has 0 aliphatic heterocycles. The summed E-state index contributed by atoms with van der Waals surface area (Å²) in [5.74, 6) is 0. The molecule has 0 amide bonds. The fraction of sp³-hybridized carbons (Fsp3) is 0.750. The quantitative estimate of drug-likeness (QED) is 0.333. The molecule has 0 radical (unpaired) electrons. The Morgan fingerprint density at radius 3 is 2.21 bits per heavy atom. The molecule has 0 saturated heterocycles. The molecule has 1 unspecified atom stereocenters. The van der Waals surface area contributed by atoms with Crippen LogP contribution in [-0.4, -0.2) is 17.5 Å². The molecule has 0 aromatic carbocycles. The molecule has 0 bridgehead atoms. The van der Waals surface area contributed by atoms with Gasteiger partial charge in [-0.3, -0.25) is 0 Å². The molecular formula is C12H22O2. The van der Waals surface area contributed by atoms with Crippen molar-refractivity contribution in [1.82, 2.24) is 0 Å². The molecule has 0 heterocycles. The number of carbonyl (C=O) groups excluding carboxylic acids is 1. The van der Waals surface area contributed by atoms with Crippen LogP contribution in [0.25, 0.3) is 0 Å². The van der Waals surface area contributed by atoms with Gasteiger partial charge in [-0.15, -0.1) is 6.58 Å². The molecule has 1 atom stereocenters. The zero-order chi connectivity index (χ0) is 10.6. The number of unbranched alkanes of at least 4 members (excludes halogenated alkanes) is 6. The highest BCUT2D eigenvalue weighted by Crippen LogP contribution is 2.09. The number of aliphatic hydroxyl groups excluding tert-OH is 1. The highest BCUT2D eigenvalue weighted by molar-refractivity contribution is 5.48. The lowest BCUT2D eigenvalue weighted by atomic mass is 10.1. The molecule has 0 saturated carbocycles. The molecule has 0 aliphatic carbocycles. The van der Waals surface area contributed by atoms with Gasteiger partial charge in [-0.2, -0.15) is 0 Å². The molecule has 2 heteroatoms. The van der Waals surface area contributed by atoms with Crippen LogP contribution in [0.3, 0.4) is 0 Å². The fourth-order valence-corrected chi connectivity index (χ4v) is 1.41. The van der Waals surface area contributed by atoms with Gasteiger partial charge in [0.1, 0.15) is 6.29 Å². The van der Waals surface area contributed by atoms with Crippen molar-refractivity contribution in [3.05, 3.63) is 12.7 Å². The van der Waals surface area contributed by atoms with Gasteiger partial charge in [-0.25, -0.2) is 0 Å². The number of hydrogen-bond donors (Lipinski definition) is 1. The van der Waals surface area contributed by atoms with Crippen molar-refractivity contribution in [2.75, 3.05) is 0 Å². The zero-order valence-corrected chi connectivity index (χ0v) is 8.95. The van der Waals surface area contributed by atoms with Crippen molar-refractivity contribution in [2.24, 2.45) is 0 Å². The maximum atomic E-state index is 10.0. The standard InChI is InChI=1S/C12H22O2/c1-2-12(14)10-8-6-4-3-5-7-9-11-13/h2,11-12,14H,1,3-10H2. The topological polar surface area (TPSA) is 37.3 Å². The molecule has 0 aromatic heterocycles. The summed E-state index contributed by atoms with van der Waals surface area (Å²) in [6.45, 7) is 3.53. The molecule has 1 N–H and O–H groups in total. The fourth-order valence-electron chi connectivity index (χ4n) is 1.41. The highest BCUT2D eigenvalue weighted by Gasteiger charge is 1.97. The van der Waals surface area contributed by atoms with Gasteiger partial charge in [0.25, 0.3) is 0 Å². The van der Waals surface area contributed by atoms with E-state index in [1.54, 1.807) is 6.08 Å². The van der Waals surface area contributed by atoms with Crippen molar-refractivity contribution < 1.29 is 9.90 Å². The van der Waals surface area contributed by atoms with Gasteiger partial charge < -0.3 is 9.90 Å². The van der Waals surface area contributed by atoms with Crippen molar-refractivity contribution in [2.45, 2.75) is 57.5 Å². The minimum atomic E-state index is -0.329. The summed E-state index contributed by atoms with van der Waals surface area (Å²) in [6, 6.07) is 0. The summed E-state index contributed by atoms with van der Waals surface area (Å²) in [5.41, 5.74) is 0. The Bertz CT molecular complexity index is 143. The van der Waals surface area contributed by atoms with Crippen molar-refractivity contribution in [3.63, 3.8) is 0 Å². The average molecular weight is 198 g/mol. The largest absolute Gasteiger partial charge is 0.389 e. The van der Waals surface area contributed by atoms with Crippen LogP contribution >= 0.6 is 0 Å². The van der Waals surface area contributed by atoms with E-state index in [-0.39, 0.29) is 6.10 Å². The maximum Gasteiger partial charge on any atom is 0.119 e. The third kappa shape index (κ3) is 9.46. The number of hydrogen-bond acceptors (Lipinski definition) is 2. The van der Waals surface area contributed by atoms with Crippen LogP contribution in [0.2, 0.25) is 0 Å². The second kappa shape index (κ2) is 10.5. The van der Waals surface area contributed by atoms with E-state index in [0.29, 0.717) is 6.42 Å². The molecule has 0 aromatic rings. The van der Waals surface area contributed by atoms with Crippen molar-refractivity contribution in [3.8, 4) is 0 Å². The normalized spacial score (nSPS) is 12.4. The summed E-state index contributed by atoms with van der Waals surface area (Å²) in [4.78, 5) is 10.0. The third-order valence-electron chi connectivity index (χ3n) is 2.34. The van der Waals surface area contributed by atoms with E-state index in [0.717, 1.165) is 32.0 Å². The Kier molecular flexibility index (Phi) is 9.98. The van der Waals surface area contributed by atoms with Gasteiger partial charge in [0.05, 0.1) is 6.10 Å². The van der Waals surface area contributed by atoms with E-state index >= 15 is 0 Å². The van der Waals surface area contributed by atoms with E-state index < -0.39 is 0 Å². The van der Waals surface area contributed by atoms with Crippen LogP contribution in [0, 0.1) is 0 Å². The first-order valence-corrected chi connectivity index (χ1v) is 5.55. The van der Waals surface area contributed by atoms with Gasteiger partial charge >= 0.3 is 0 Å². The highest BCUT2D eigenvalue weighted by atomic mass is 16.3. The van der Waals surface area contributed by atoms with Crippen LogP contribution in [0.4, 0.5) is 0 Å². The summed E-state index contributed by atoms with van der Waals surface area (Å²) >= 11 is 0. The number of aldehydes is 1. The van der Waals surface area contributed by atoms with Crippen LogP contribution < -0.4 is 0 Å². The van der Waals surface area contributed by atoms with Crippen LogP contribution in [0.1, 0.15) is 51.4 Å². The van der Waals surface area contributed by atoms with Crippen molar-refractivity contribution >= 4 is 6.29 Å². The predicted octanol–water partition coefficient (Wildman–Crippen LogP) is 2.85. The minimum absolute atomic E-state index is 0.329. The minimum Gasteiger partial charge on any atom is -0.389 e. The van der Waals surface area contributed by atoms with Crippen LogP contribution in [0.15, 0.2) is 12.7 Å². The second-order valence-electron chi connectivity index (χ2n) is 3.67. The van der Waals surface area contributed by atoms with E-state index in [2.05, 4.69) is 6.58 Å². The first-order chi connectivity index (χ1) is 6.81. The Morgan fingerprint density at radius 1 is 1.07 bits per heavy atom. The van der Waals surface area contributed by atoms with E-state index in [1.807, 2.05) is 0 Å². The summed E-state index contributed by atoms with van der Waals surface area (Å²) in [6.07, 6.45) is 10.6. The number of carbonyl (C=O) groups is 1. The monoisotopic (exact) mass is 198 g/mol. The number of aliphatic hydroxyl groups is 1. The molecular weight excluding hydrogens is 176 g/mol. The molecule has 2 nitrogen and oxygen atoms in total. The smallest absolute Gasteiger partial charge is 0.119 e. The van der Waals surface area contributed by atoms with Crippen LogP contribution in [0.5, 0.6) is 0 Å². The van der Waals surface area contributed by atoms with Gasteiger partial charge in [-0.05, 0) is 12.8 Å². The van der Waals surface area contributed by atoms with Crippen LogP contribution in [-0.2, 0) is 4.79 Å². The summed E-state index contributed by atoms with van der Waals surface area (Å²) in [5, 5.41) is 9.17. The van der Waals surface area contributed by atoms with Gasteiger partial charge in [0, 0.05) is 6.42 Å². The lowest BCUT2D eigenvalue weighted by molar-refractivity contribution is -0.107. The summed E-state index contributed by atoms with van der Waals surface area (Å²) in [7, 11) is 0. The predicted molar refractivity (Wildman–Crippen MR) is 59.2 cm³/mol. The zero-order valence-electron chi connectivity index (χ0n) is 8.95. The van der Waals surface area contributed by atoms with E-state index in [9.17, 15) is 9.90 Å². The molecule has 0 rings (SSSR count). The Morgan fingerprint density at radius 2 is 1.64 bits per heavy atom. The number of rotatable bonds is 10. The maximum absolute atomic E-state index is 10.0. The van der Waals surface area contributed by atoms with Crippen molar-refractivity contribution in [1.29, 1.82) is 0 Å². The Hall–Kier alpha value is -0.630. The molecule has 82 valence electrons. The lowest BCUT2D eigenvalue weighted by Gasteiger charge is -2.04. The van der Waals surface area contributed by atoms with Gasteiger partial charge in [0.15, 0.2) is 0 Å². The van der Waals surface area contributed by atoms with E-state index in [4.69, 9.17) is 0 Å². The summed E-state index contributed by atoms with van der Waals surface area (Å²) < 4.78 is 0. The first kappa shape index (κ1) is 13.4. The third-order valence-corrected chi connectivity index (χ3v) is 2.34. The molecule has 0 spiro atoms. The lowest BCUT2D eigenvalue weighted by Crippen LogP contribution is -2.00. The van der Waals surface area contributed by atoms with E-state index in [1.165, 1.54) is 19.3 Å². The molecule has 0 fully saturated rings. The van der Waals surface area contributed by atoms with Gasteiger partial charge in [0.2, 0.25) is 0 Å². The average Bonchev–Trinajstić information content (AvgIpc) is 2.21. The molecule has 14 heavy (non-hydrogen) atoms.